The molecule has 1 unspecified atom stereocenters. The van der Waals surface area contributed by atoms with Crippen molar-refractivity contribution >= 4 is 0 Å². The van der Waals surface area contributed by atoms with Gasteiger partial charge in [0, 0.05) is 12.1 Å². The second kappa shape index (κ2) is 8.03. The van der Waals surface area contributed by atoms with E-state index < -0.39 is 11.6 Å². The summed E-state index contributed by atoms with van der Waals surface area (Å²) < 4.78 is 31.2. The molecule has 1 N–H and O–H groups in total. The first-order valence-electron chi connectivity index (χ1n) is 6.48. The highest BCUT2D eigenvalue weighted by Gasteiger charge is 2.06. The van der Waals surface area contributed by atoms with Gasteiger partial charge in [0.1, 0.15) is 5.82 Å². The predicted molar refractivity (Wildman–Crippen MR) is 68.8 cm³/mol. The molecule has 0 saturated carbocycles. The molecule has 1 atom stereocenters. The molecule has 0 aliphatic carbocycles. The number of hydrogen-bond acceptors (Lipinski definition) is 2. The van der Waals surface area contributed by atoms with Gasteiger partial charge in [-0.15, -0.1) is 0 Å². The normalized spacial score (nSPS) is 12.4. The molecule has 18 heavy (non-hydrogen) atoms. The zero-order valence-electron chi connectivity index (χ0n) is 11.0. The zero-order valence-corrected chi connectivity index (χ0v) is 11.0. The van der Waals surface area contributed by atoms with Gasteiger partial charge in [-0.3, -0.25) is 0 Å². The summed E-state index contributed by atoms with van der Waals surface area (Å²) in [6.07, 6.45) is 2.91. The topological polar surface area (TPSA) is 21.3 Å². The van der Waals surface area contributed by atoms with E-state index in [1.165, 1.54) is 12.1 Å². The average Bonchev–Trinajstić information content (AvgIpc) is 2.35. The van der Waals surface area contributed by atoms with Gasteiger partial charge < -0.3 is 10.1 Å². The van der Waals surface area contributed by atoms with E-state index in [1.54, 1.807) is 0 Å². The Morgan fingerprint density at radius 3 is 2.67 bits per heavy atom. The molecule has 0 spiro atoms. The van der Waals surface area contributed by atoms with Crippen molar-refractivity contribution in [3.05, 3.63) is 29.8 Å². The summed E-state index contributed by atoms with van der Waals surface area (Å²) in [6, 6.07) is 3.85. The fourth-order valence-electron chi connectivity index (χ4n) is 1.84. The Bertz CT molecular complexity index is 358. The van der Waals surface area contributed by atoms with E-state index in [0.717, 1.165) is 31.9 Å². The highest BCUT2D eigenvalue weighted by Crippen LogP contribution is 2.18. The van der Waals surface area contributed by atoms with Gasteiger partial charge in [0.2, 0.25) is 0 Å². The molecule has 0 aliphatic heterocycles. The third kappa shape index (κ3) is 5.00. The van der Waals surface area contributed by atoms with E-state index in [9.17, 15) is 8.78 Å². The first kappa shape index (κ1) is 14.9. The van der Waals surface area contributed by atoms with Gasteiger partial charge in [0.05, 0.1) is 6.61 Å². The number of nitrogens with one attached hydrogen (secondary N) is 1. The summed E-state index contributed by atoms with van der Waals surface area (Å²) in [5.41, 5.74) is 0. The lowest BCUT2D eigenvalue weighted by Crippen LogP contribution is -2.28. The molecule has 0 fully saturated rings. The van der Waals surface area contributed by atoms with Gasteiger partial charge >= 0.3 is 0 Å². The van der Waals surface area contributed by atoms with E-state index in [1.807, 2.05) is 0 Å². The highest BCUT2D eigenvalue weighted by atomic mass is 19.1. The summed E-state index contributed by atoms with van der Waals surface area (Å²) in [6.45, 7) is 5.61. The van der Waals surface area contributed by atoms with Crippen LogP contribution in [0.1, 0.15) is 33.1 Å². The molecule has 0 heterocycles. The molecule has 1 rings (SSSR count). The van der Waals surface area contributed by atoms with Crippen molar-refractivity contribution in [3.63, 3.8) is 0 Å². The maximum atomic E-state index is 13.2. The molecule has 0 aromatic heterocycles. The van der Waals surface area contributed by atoms with Gasteiger partial charge in [-0.2, -0.15) is 0 Å². The molecule has 0 radical (unpaired) electrons. The van der Waals surface area contributed by atoms with Crippen LogP contribution in [0.4, 0.5) is 8.78 Å². The van der Waals surface area contributed by atoms with Crippen molar-refractivity contribution in [2.45, 2.75) is 39.2 Å². The first-order chi connectivity index (χ1) is 8.67. The molecular weight excluding hydrogens is 236 g/mol. The molecule has 0 saturated heterocycles. The van der Waals surface area contributed by atoms with Gasteiger partial charge in [-0.05, 0) is 37.9 Å². The minimum atomic E-state index is -0.645. The quantitative estimate of drug-likeness (QED) is 0.719. The Hall–Kier alpha value is -1.16. The van der Waals surface area contributed by atoms with E-state index in [-0.39, 0.29) is 5.75 Å². The Balaban J connectivity index is 2.29. The van der Waals surface area contributed by atoms with Crippen LogP contribution >= 0.6 is 0 Å². The molecule has 2 nitrogen and oxygen atoms in total. The summed E-state index contributed by atoms with van der Waals surface area (Å²) in [4.78, 5) is 0. The number of rotatable bonds is 8. The third-order valence-corrected chi connectivity index (χ3v) is 2.83. The second-order valence-corrected chi connectivity index (χ2v) is 4.23. The summed E-state index contributed by atoms with van der Waals surface area (Å²) in [7, 11) is 0. The van der Waals surface area contributed by atoms with Crippen LogP contribution in [0.15, 0.2) is 18.2 Å². The van der Waals surface area contributed by atoms with Crippen molar-refractivity contribution < 1.29 is 13.5 Å². The smallest absolute Gasteiger partial charge is 0.167 e. The van der Waals surface area contributed by atoms with Crippen molar-refractivity contribution in [3.8, 4) is 5.75 Å². The van der Waals surface area contributed by atoms with Crippen LogP contribution in [-0.4, -0.2) is 19.2 Å². The van der Waals surface area contributed by atoms with Crippen LogP contribution in [0, 0.1) is 11.6 Å². The largest absolute Gasteiger partial charge is 0.491 e. The van der Waals surface area contributed by atoms with Crippen LogP contribution in [0.5, 0.6) is 5.75 Å². The Morgan fingerprint density at radius 1 is 1.28 bits per heavy atom. The molecule has 1 aromatic rings. The molecule has 4 heteroatoms. The Morgan fingerprint density at radius 2 is 2.06 bits per heavy atom. The van der Waals surface area contributed by atoms with Gasteiger partial charge in [-0.25, -0.2) is 8.78 Å². The fourth-order valence-corrected chi connectivity index (χ4v) is 1.84. The Kier molecular flexibility index (Phi) is 6.65. The lowest BCUT2D eigenvalue weighted by Gasteiger charge is -2.15. The maximum absolute atomic E-state index is 13.2. The molecular formula is C14H21F2NO. The first-order valence-corrected chi connectivity index (χ1v) is 6.48. The highest BCUT2D eigenvalue weighted by molar-refractivity contribution is 5.24. The maximum Gasteiger partial charge on any atom is 0.167 e. The van der Waals surface area contributed by atoms with Crippen LogP contribution in [0.25, 0.3) is 0 Å². The SMILES string of the molecule is CCNC(CC)CCCOc1ccc(F)cc1F. The van der Waals surface area contributed by atoms with E-state index >= 15 is 0 Å². The summed E-state index contributed by atoms with van der Waals surface area (Å²) in [5.74, 6) is -1.11. The zero-order chi connectivity index (χ0) is 13.4. The Labute approximate surface area is 107 Å². The molecule has 0 aliphatic rings. The van der Waals surface area contributed by atoms with E-state index in [2.05, 4.69) is 19.2 Å². The molecule has 0 amide bonds. The monoisotopic (exact) mass is 257 g/mol. The van der Waals surface area contributed by atoms with Crippen LogP contribution in [0.2, 0.25) is 0 Å². The standard InChI is InChI=1S/C14H21F2NO/c1-3-12(17-4-2)6-5-9-18-14-8-7-11(15)10-13(14)16/h7-8,10,12,17H,3-6,9H2,1-2H3. The van der Waals surface area contributed by atoms with Crippen molar-refractivity contribution in [1.82, 2.24) is 5.32 Å². The molecule has 102 valence electrons. The summed E-state index contributed by atoms with van der Waals surface area (Å²) in [5, 5.41) is 3.37. The van der Waals surface area contributed by atoms with Crippen LogP contribution in [-0.2, 0) is 0 Å². The van der Waals surface area contributed by atoms with Crippen molar-refractivity contribution in [1.29, 1.82) is 0 Å². The minimum absolute atomic E-state index is 0.118. The molecule has 0 bridgehead atoms. The average molecular weight is 257 g/mol. The van der Waals surface area contributed by atoms with E-state index in [0.29, 0.717) is 12.6 Å². The van der Waals surface area contributed by atoms with E-state index in [4.69, 9.17) is 4.74 Å². The predicted octanol–water partition coefficient (Wildman–Crippen LogP) is 3.51. The minimum Gasteiger partial charge on any atom is -0.491 e. The van der Waals surface area contributed by atoms with Gasteiger partial charge in [-0.1, -0.05) is 13.8 Å². The van der Waals surface area contributed by atoms with Crippen LogP contribution < -0.4 is 10.1 Å². The number of halogens is 2. The molecule has 1 aromatic carbocycles. The van der Waals surface area contributed by atoms with Crippen molar-refractivity contribution in [2.24, 2.45) is 0 Å². The van der Waals surface area contributed by atoms with Crippen molar-refractivity contribution in [2.75, 3.05) is 13.2 Å². The van der Waals surface area contributed by atoms with Gasteiger partial charge in [0.25, 0.3) is 0 Å². The lowest BCUT2D eigenvalue weighted by molar-refractivity contribution is 0.281. The second-order valence-electron chi connectivity index (χ2n) is 4.23. The van der Waals surface area contributed by atoms with Gasteiger partial charge in [0.15, 0.2) is 11.6 Å². The number of benzene rings is 1. The number of hydrogen-bond donors (Lipinski definition) is 1. The number of ether oxygens (including phenoxy) is 1. The lowest BCUT2D eigenvalue weighted by atomic mass is 10.1. The third-order valence-electron chi connectivity index (χ3n) is 2.83. The summed E-state index contributed by atoms with van der Waals surface area (Å²) >= 11 is 0. The van der Waals surface area contributed by atoms with Crippen LogP contribution in [0.3, 0.4) is 0 Å². The fraction of sp³-hybridized carbons (Fsp3) is 0.571.